The smallest absolute Gasteiger partial charge is 0.330 e. The second kappa shape index (κ2) is 8.52. The molecule has 0 bridgehead atoms. The summed E-state index contributed by atoms with van der Waals surface area (Å²) in [5, 5.41) is 9.55. The van der Waals surface area contributed by atoms with Gasteiger partial charge in [0.15, 0.2) is 0 Å². The molecule has 2 unspecified atom stereocenters. The van der Waals surface area contributed by atoms with Crippen LogP contribution in [0.15, 0.2) is 24.3 Å². The number of esters is 2. The van der Waals surface area contributed by atoms with Crippen LogP contribution >= 0.6 is 0 Å². The maximum absolute atomic E-state index is 11.1. The highest BCUT2D eigenvalue weighted by atomic mass is 16.6. The van der Waals surface area contributed by atoms with Crippen molar-refractivity contribution in [2.24, 2.45) is 0 Å². The van der Waals surface area contributed by atoms with Crippen molar-refractivity contribution in [2.75, 3.05) is 6.61 Å². The van der Waals surface area contributed by atoms with E-state index < -0.39 is 24.1 Å². The Labute approximate surface area is 101 Å². The SMILES string of the molecule is C/C=C\C(=O)OCC(O)C(C)OC(=O)/C=C\C. The van der Waals surface area contributed by atoms with E-state index in [9.17, 15) is 14.7 Å². The Balaban J connectivity index is 4.01. The molecule has 0 aliphatic rings. The van der Waals surface area contributed by atoms with E-state index in [4.69, 9.17) is 9.47 Å². The third-order valence-corrected chi connectivity index (χ3v) is 1.85. The Hall–Kier alpha value is -1.62. The first-order chi connectivity index (χ1) is 8.01. The Morgan fingerprint density at radius 3 is 2.24 bits per heavy atom. The van der Waals surface area contributed by atoms with Crippen LogP contribution in [-0.2, 0) is 19.1 Å². The van der Waals surface area contributed by atoms with E-state index in [1.54, 1.807) is 13.8 Å². The molecule has 0 saturated heterocycles. The van der Waals surface area contributed by atoms with Gasteiger partial charge < -0.3 is 14.6 Å². The van der Waals surface area contributed by atoms with E-state index in [-0.39, 0.29) is 6.61 Å². The molecule has 0 spiro atoms. The fraction of sp³-hybridized carbons (Fsp3) is 0.500. The fourth-order valence-electron chi connectivity index (χ4n) is 0.924. The summed E-state index contributed by atoms with van der Waals surface area (Å²) in [5.74, 6) is -1.09. The summed E-state index contributed by atoms with van der Waals surface area (Å²) in [6.07, 6.45) is 3.77. The lowest BCUT2D eigenvalue weighted by atomic mass is 10.2. The summed E-state index contributed by atoms with van der Waals surface area (Å²) in [7, 11) is 0. The number of ether oxygens (including phenoxy) is 2. The van der Waals surface area contributed by atoms with Gasteiger partial charge in [0.25, 0.3) is 0 Å². The molecule has 0 heterocycles. The number of aliphatic hydroxyl groups is 1. The van der Waals surface area contributed by atoms with E-state index in [2.05, 4.69) is 0 Å². The van der Waals surface area contributed by atoms with E-state index in [1.807, 2.05) is 0 Å². The number of hydrogen-bond donors (Lipinski definition) is 1. The largest absolute Gasteiger partial charge is 0.460 e. The zero-order valence-electron chi connectivity index (χ0n) is 10.3. The summed E-state index contributed by atoms with van der Waals surface area (Å²) in [4.78, 5) is 22.0. The van der Waals surface area contributed by atoms with Crippen molar-refractivity contribution in [3.8, 4) is 0 Å². The van der Waals surface area contributed by atoms with Gasteiger partial charge in [-0.2, -0.15) is 0 Å². The minimum Gasteiger partial charge on any atom is -0.460 e. The first-order valence-electron chi connectivity index (χ1n) is 5.32. The second-order valence-corrected chi connectivity index (χ2v) is 3.34. The Bertz CT molecular complexity index is 306. The molecule has 96 valence electrons. The first-order valence-corrected chi connectivity index (χ1v) is 5.32. The number of aliphatic hydroxyl groups excluding tert-OH is 1. The first kappa shape index (κ1) is 15.4. The van der Waals surface area contributed by atoms with Crippen LogP contribution in [0.5, 0.6) is 0 Å². The molecule has 0 aliphatic heterocycles. The predicted octanol–water partition coefficient (Wildman–Crippen LogP) is 0.974. The quantitative estimate of drug-likeness (QED) is 0.555. The minimum atomic E-state index is -1.04. The van der Waals surface area contributed by atoms with Crippen molar-refractivity contribution in [3.05, 3.63) is 24.3 Å². The van der Waals surface area contributed by atoms with Gasteiger partial charge in [0.1, 0.15) is 18.8 Å². The van der Waals surface area contributed by atoms with Crippen molar-refractivity contribution in [1.29, 1.82) is 0 Å². The second-order valence-electron chi connectivity index (χ2n) is 3.34. The van der Waals surface area contributed by atoms with Gasteiger partial charge in [-0.1, -0.05) is 12.2 Å². The lowest BCUT2D eigenvalue weighted by molar-refractivity contribution is -0.153. The Kier molecular flexibility index (Phi) is 7.71. The normalized spacial score (nSPS) is 14.8. The van der Waals surface area contributed by atoms with Crippen LogP contribution in [0.2, 0.25) is 0 Å². The molecular formula is C12H18O5. The number of hydrogen-bond acceptors (Lipinski definition) is 5. The molecule has 0 saturated carbocycles. The highest BCUT2D eigenvalue weighted by molar-refractivity contribution is 5.82. The third kappa shape index (κ3) is 7.30. The summed E-state index contributed by atoms with van der Waals surface area (Å²) < 4.78 is 9.58. The molecule has 1 N–H and O–H groups in total. The van der Waals surface area contributed by atoms with Gasteiger partial charge in [-0.25, -0.2) is 9.59 Å². The third-order valence-electron chi connectivity index (χ3n) is 1.85. The van der Waals surface area contributed by atoms with Gasteiger partial charge in [0, 0.05) is 12.2 Å². The lowest BCUT2D eigenvalue weighted by Gasteiger charge is -2.18. The number of carbonyl (C=O) groups is 2. The van der Waals surface area contributed by atoms with Gasteiger partial charge in [-0.15, -0.1) is 0 Å². The topological polar surface area (TPSA) is 72.8 Å². The summed E-state index contributed by atoms with van der Waals surface area (Å²) in [5.41, 5.74) is 0. The minimum absolute atomic E-state index is 0.215. The van der Waals surface area contributed by atoms with Gasteiger partial charge in [-0.3, -0.25) is 0 Å². The highest BCUT2D eigenvalue weighted by Crippen LogP contribution is 2.01. The van der Waals surface area contributed by atoms with Crippen LogP contribution in [0.3, 0.4) is 0 Å². The van der Waals surface area contributed by atoms with Crippen LogP contribution < -0.4 is 0 Å². The van der Waals surface area contributed by atoms with Crippen LogP contribution in [-0.4, -0.2) is 35.9 Å². The molecule has 0 aliphatic carbocycles. The van der Waals surface area contributed by atoms with E-state index in [1.165, 1.54) is 31.2 Å². The monoisotopic (exact) mass is 242 g/mol. The number of allylic oxidation sites excluding steroid dienone is 2. The maximum atomic E-state index is 11.1. The fourth-order valence-corrected chi connectivity index (χ4v) is 0.924. The number of rotatable bonds is 6. The van der Waals surface area contributed by atoms with Crippen molar-refractivity contribution in [2.45, 2.75) is 33.0 Å². The molecule has 5 heteroatoms. The molecule has 0 radical (unpaired) electrons. The highest BCUT2D eigenvalue weighted by Gasteiger charge is 2.18. The Morgan fingerprint density at radius 1 is 1.18 bits per heavy atom. The standard InChI is InChI=1S/C12H18O5/c1-4-6-11(14)16-8-10(13)9(3)17-12(15)7-5-2/h4-7,9-10,13H,8H2,1-3H3/b6-4-,7-5-. The predicted molar refractivity (Wildman–Crippen MR) is 62.1 cm³/mol. The van der Waals surface area contributed by atoms with Crippen LogP contribution in [0, 0.1) is 0 Å². The summed E-state index contributed by atoms with van der Waals surface area (Å²) in [6.45, 7) is 4.67. The molecule has 0 amide bonds. The average Bonchev–Trinajstić information content (AvgIpc) is 2.26. The van der Waals surface area contributed by atoms with E-state index >= 15 is 0 Å². The molecule has 0 aromatic heterocycles. The Morgan fingerprint density at radius 2 is 1.71 bits per heavy atom. The zero-order valence-corrected chi connectivity index (χ0v) is 10.3. The van der Waals surface area contributed by atoms with Crippen LogP contribution in [0.4, 0.5) is 0 Å². The van der Waals surface area contributed by atoms with Gasteiger partial charge in [0.05, 0.1) is 0 Å². The van der Waals surface area contributed by atoms with Crippen molar-refractivity contribution >= 4 is 11.9 Å². The maximum Gasteiger partial charge on any atom is 0.330 e. The zero-order chi connectivity index (χ0) is 13.3. The van der Waals surface area contributed by atoms with Gasteiger partial charge >= 0.3 is 11.9 Å². The van der Waals surface area contributed by atoms with Gasteiger partial charge in [-0.05, 0) is 20.8 Å². The molecule has 17 heavy (non-hydrogen) atoms. The summed E-state index contributed by atoms with van der Waals surface area (Å²) >= 11 is 0. The molecule has 0 aromatic rings. The molecule has 2 atom stereocenters. The lowest BCUT2D eigenvalue weighted by Crippen LogP contribution is -2.32. The average molecular weight is 242 g/mol. The number of carbonyl (C=O) groups excluding carboxylic acids is 2. The molecule has 0 fully saturated rings. The van der Waals surface area contributed by atoms with E-state index in [0.717, 1.165) is 0 Å². The molecule has 0 rings (SSSR count). The van der Waals surface area contributed by atoms with Gasteiger partial charge in [0.2, 0.25) is 0 Å². The van der Waals surface area contributed by atoms with Crippen molar-refractivity contribution < 1.29 is 24.2 Å². The molecule has 5 nitrogen and oxygen atoms in total. The molecular weight excluding hydrogens is 224 g/mol. The van der Waals surface area contributed by atoms with Crippen LogP contribution in [0.25, 0.3) is 0 Å². The molecule has 0 aromatic carbocycles. The van der Waals surface area contributed by atoms with Crippen molar-refractivity contribution in [1.82, 2.24) is 0 Å². The summed E-state index contributed by atoms with van der Waals surface area (Å²) in [6, 6.07) is 0. The van der Waals surface area contributed by atoms with Crippen molar-refractivity contribution in [3.63, 3.8) is 0 Å². The van der Waals surface area contributed by atoms with Crippen LogP contribution in [0.1, 0.15) is 20.8 Å². The van der Waals surface area contributed by atoms with E-state index in [0.29, 0.717) is 0 Å².